The molecule has 0 aliphatic carbocycles. The van der Waals surface area contributed by atoms with Crippen LogP contribution >= 0.6 is 0 Å². The van der Waals surface area contributed by atoms with Crippen LogP contribution in [0.15, 0.2) is 73.2 Å². The number of hydrogen-bond donors (Lipinski definition) is 2. The Bertz CT molecular complexity index is 1060. The van der Waals surface area contributed by atoms with Gasteiger partial charge in [-0.15, -0.1) is 0 Å². The molecule has 0 fully saturated rings. The van der Waals surface area contributed by atoms with Crippen molar-refractivity contribution in [2.24, 2.45) is 5.73 Å². The Morgan fingerprint density at radius 1 is 1.00 bits per heavy atom. The smallest absolute Gasteiger partial charge is 0.254 e. The van der Waals surface area contributed by atoms with Crippen molar-refractivity contribution in [1.29, 1.82) is 0 Å². The second-order valence-electron chi connectivity index (χ2n) is 5.55. The molecule has 0 spiro atoms. The quantitative estimate of drug-likeness (QED) is 0.602. The molecule has 0 saturated carbocycles. The fraction of sp³-hybridized carbons (Fsp3) is 0. The lowest BCUT2D eigenvalue weighted by atomic mass is 10.1. The molecular weight excluding hydrogens is 314 g/mol. The molecule has 4 aromatic rings. The van der Waals surface area contributed by atoms with Crippen LogP contribution in [0.5, 0.6) is 0 Å². The first-order chi connectivity index (χ1) is 12.2. The molecule has 1 amide bonds. The van der Waals surface area contributed by atoms with Crippen molar-refractivity contribution in [3.63, 3.8) is 0 Å². The van der Waals surface area contributed by atoms with E-state index in [-0.39, 0.29) is 5.56 Å². The van der Waals surface area contributed by atoms with Crippen LogP contribution in [0.25, 0.3) is 16.8 Å². The van der Waals surface area contributed by atoms with Crippen LogP contribution in [0.2, 0.25) is 0 Å². The van der Waals surface area contributed by atoms with Crippen LogP contribution in [0.3, 0.4) is 0 Å². The van der Waals surface area contributed by atoms with Gasteiger partial charge in [-0.1, -0.05) is 42.5 Å². The average Bonchev–Trinajstić information content (AvgIpc) is 3.13. The number of anilines is 2. The second-order valence-corrected chi connectivity index (χ2v) is 5.55. The lowest BCUT2D eigenvalue weighted by Crippen LogP contribution is -2.14. The lowest BCUT2D eigenvalue weighted by molar-refractivity contribution is 0.100. The van der Waals surface area contributed by atoms with Crippen molar-refractivity contribution >= 4 is 23.2 Å². The minimum Gasteiger partial charge on any atom is -0.365 e. The molecule has 25 heavy (non-hydrogen) atoms. The fourth-order valence-electron chi connectivity index (χ4n) is 2.72. The predicted molar refractivity (Wildman–Crippen MR) is 96.7 cm³/mol. The van der Waals surface area contributed by atoms with Crippen LogP contribution in [-0.4, -0.2) is 20.3 Å². The SMILES string of the molecule is NC(=O)c1cnc(Nc2cccc(-c3ccccc3)c2)n2ccnc12. The molecule has 0 unspecified atom stereocenters. The molecule has 3 N–H and O–H groups in total. The van der Waals surface area contributed by atoms with E-state index in [1.165, 1.54) is 6.20 Å². The molecular formula is C19H15N5O. The highest BCUT2D eigenvalue weighted by molar-refractivity contribution is 5.98. The van der Waals surface area contributed by atoms with Gasteiger partial charge in [0.2, 0.25) is 5.95 Å². The summed E-state index contributed by atoms with van der Waals surface area (Å²) in [6.07, 6.45) is 4.78. The first kappa shape index (κ1) is 14.9. The first-order valence-electron chi connectivity index (χ1n) is 7.77. The molecule has 0 radical (unpaired) electrons. The van der Waals surface area contributed by atoms with E-state index in [0.29, 0.717) is 11.6 Å². The number of nitrogens with two attached hydrogens (primary N) is 1. The van der Waals surface area contributed by atoms with Crippen LogP contribution < -0.4 is 11.1 Å². The van der Waals surface area contributed by atoms with E-state index in [4.69, 9.17) is 5.73 Å². The zero-order chi connectivity index (χ0) is 17.2. The molecule has 2 aromatic heterocycles. The number of aromatic nitrogens is 3. The number of hydrogen-bond acceptors (Lipinski definition) is 4. The van der Waals surface area contributed by atoms with Crippen molar-refractivity contribution in [3.05, 3.63) is 78.8 Å². The summed E-state index contributed by atoms with van der Waals surface area (Å²) in [6, 6.07) is 18.2. The number of carbonyl (C=O) groups is 1. The third kappa shape index (κ3) is 2.81. The summed E-state index contributed by atoms with van der Waals surface area (Å²) in [5.74, 6) is 0.00374. The maximum atomic E-state index is 11.5. The summed E-state index contributed by atoms with van der Waals surface area (Å²) in [6.45, 7) is 0. The minimum absolute atomic E-state index is 0.286. The Labute approximate surface area is 144 Å². The Kier molecular flexibility index (Phi) is 3.63. The summed E-state index contributed by atoms with van der Waals surface area (Å²) in [7, 11) is 0. The monoisotopic (exact) mass is 329 g/mol. The minimum atomic E-state index is -0.554. The van der Waals surface area contributed by atoms with Gasteiger partial charge in [0.05, 0.1) is 0 Å². The normalized spacial score (nSPS) is 10.7. The predicted octanol–water partition coefficient (Wildman–Crippen LogP) is 3.24. The van der Waals surface area contributed by atoms with E-state index in [0.717, 1.165) is 16.8 Å². The summed E-state index contributed by atoms with van der Waals surface area (Å²) in [5.41, 5.74) is 9.25. The number of carbonyl (C=O) groups excluding carboxylic acids is 1. The van der Waals surface area contributed by atoms with E-state index >= 15 is 0 Å². The van der Waals surface area contributed by atoms with Gasteiger partial charge in [-0.05, 0) is 23.3 Å². The second kappa shape index (κ2) is 6.09. The van der Waals surface area contributed by atoms with E-state index < -0.39 is 5.91 Å². The highest BCUT2D eigenvalue weighted by Crippen LogP contribution is 2.24. The van der Waals surface area contributed by atoms with Crippen molar-refractivity contribution in [3.8, 4) is 11.1 Å². The van der Waals surface area contributed by atoms with Gasteiger partial charge in [-0.3, -0.25) is 9.20 Å². The zero-order valence-electron chi connectivity index (χ0n) is 13.3. The maximum absolute atomic E-state index is 11.5. The van der Waals surface area contributed by atoms with Gasteiger partial charge in [0, 0.05) is 24.3 Å². The Hall–Kier alpha value is -3.67. The fourth-order valence-corrected chi connectivity index (χ4v) is 2.72. The van der Waals surface area contributed by atoms with Gasteiger partial charge in [-0.2, -0.15) is 0 Å². The van der Waals surface area contributed by atoms with Gasteiger partial charge in [-0.25, -0.2) is 9.97 Å². The summed E-state index contributed by atoms with van der Waals surface area (Å²) in [4.78, 5) is 20.0. The highest BCUT2D eigenvalue weighted by atomic mass is 16.1. The molecule has 6 heteroatoms. The largest absolute Gasteiger partial charge is 0.365 e. The molecule has 6 nitrogen and oxygen atoms in total. The third-order valence-corrected chi connectivity index (χ3v) is 3.92. The van der Waals surface area contributed by atoms with Gasteiger partial charge in [0.1, 0.15) is 5.56 Å². The first-order valence-corrected chi connectivity index (χ1v) is 7.77. The Balaban J connectivity index is 1.72. The molecule has 0 bridgehead atoms. The number of rotatable bonds is 4. The standard InChI is InChI=1S/C19H15N5O/c20-17(25)16-12-22-19(24-10-9-21-18(16)24)23-15-8-4-7-14(11-15)13-5-2-1-3-6-13/h1-12H,(H2,20,25)(H,22,23). The van der Waals surface area contributed by atoms with Gasteiger partial charge >= 0.3 is 0 Å². The number of imidazole rings is 1. The van der Waals surface area contributed by atoms with Crippen LogP contribution in [0, 0.1) is 0 Å². The van der Waals surface area contributed by atoms with E-state index in [2.05, 4.69) is 33.5 Å². The topological polar surface area (TPSA) is 85.3 Å². The van der Waals surface area contributed by atoms with Gasteiger partial charge in [0.15, 0.2) is 5.65 Å². The van der Waals surface area contributed by atoms with E-state index in [1.54, 1.807) is 16.8 Å². The summed E-state index contributed by atoms with van der Waals surface area (Å²) < 4.78 is 1.70. The number of nitrogens with zero attached hydrogens (tertiary/aromatic N) is 3. The van der Waals surface area contributed by atoms with Gasteiger partial charge < -0.3 is 11.1 Å². The van der Waals surface area contributed by atoms with Crippen molar-refractivity contribution < 1.29 is 4.79 Å². The number of benzene rings is 2. The van der Waals surface area contributed by atoms with E-state index in [1.807, 2.05) is 36.4 Å². The van der Waals surface area contributed by atoms with Crippen molar-refractivity contribution in [2.75, 3.05) is 5.32 Å². The number of amides is 1. The Morgan fingerprint density at radius 3 is 2.60 bits per heavy atom. The zero-order valence-corrected chi connectivity index (χ0v) is 13.3. The molecule has 0 aliphatic rings. The van der Waals surface area contributed by atoms with Crippen LogP contribution in [-0.2, 0) is 0 Å². The maximum Gasteiger partial charge on any atom is 0.254 e. The molecule has 2 heterocycles. The van der Waals surface area contributed by atoms with Crippen LogP contribution in [0.1, 0.15) is 10.4 Å². The highest BCUT2D eigenvalue weighted by Gasteiger charge is 2.12. The molecule has 122 valence electrons. The van der Waals surface area contributed by atoms with Crippen molar-refractivity contribution in [2.45, 2.75) is 0 Å². The molecule has 0 atom stereocenters. The molecule has 0 aliphatic heterocycles. The number of primary amides is 1. The summed E-state index contributed by atoms with van der Waals surface area (Å²) in [5, 5.41) is 3.27. The molecule has 2 aromatic carbocycles. The molecule has 0 saturated heterocycles. The summed E-state index contributed by atoms with van der Waals surface area (Å²) >= 11 is 0. The number of nitrogens with one attached hydrogen (secondary N) is 1. The average molecular weight is 329 g/mol. The van der Waals surface area contributed by atoms with E-state index in [9.17, 15) is 4.79 Å². The lowest BCUT2D eigenvalue weighted by Gasteiger charge is -2.10. The Morgan fingerprint density at radius 2 is 1.80 bits per heavy atom. The number of fused-ring (bicyclic) bond motifs is 1. The van der Waals surface area contributed by atoms with Gasteiger partial charge in [0.25, 0.3) is 5.91 Å². The van der Waals surface area contributed by atoms with Crippen molar-refractivity contribution in [1.82, 2.24) is 14.4 Å². The third-order valence-electron chi connectivity index (χ3n) is 3.92. The molecule has 4 rings (SSSR count). The van der Waals surface area contributed by atoms with Crippen LogP contribution in [0.4, 0.5) is 11.6 Å².